The first kappa shape index (κ1) is 15.1. The molecule has 1 aromatic heterocycles. The van der Waals surface area contributed by atoms with Gasteiger partial charge >= 0.3 is 0 Å². The average molecular weight is 292 g/mol. The van der Waals surface area contributed by atoms with Crippen LogP contribution in [0.15, 0.2) is 21.7 Å². The quantitative estimate of drug-likeness (QED) is 0.581. The summed E-state index contributed by atoms with van der Waals surface area (Å²) in [6.45, 7) is 1.81. The van der Waals surface area contributed by atoms with E-state index in [0.29, 0.717) is 6.42 Å². The zero-order valence-electron chi connectivity index (χ0n) is 10.00. The van der Waals surface area contributed by atoms with Crippen molar-refractivity contribution >= 4 is 27.3 Å². The zero-order valence-corrected chi connectivity index (χ0v) is 11.6. The predicted molar refractivity (Wildman–Crippen MR) is 67.9 cm³/mol. The Bertz CT molecular complexity index is 470. The molecular formula is C10H16N2O4S2. The fraction of sp³-hybridized carbons (Fsp3) is 0.500. The van der Waals surface area contributed by atoms with E-state index in [1.54, 1.807) is 11.4 Å². The van der Waals surface area contributed by atoms with Gasteiger partial charge < -0.3 is 0 Å². The second kappa shape index (κ2) is 6.83. The maximum atomic E-state index is 12.2. The van der Waals surface area contributed by atoms with E-state index >= 15 is 0 Å². The summed E-state index contributed by atoms with van der Waals surface area (Å²) < 4.78 is 25.7. The molecule has 0 spiro atoms. The van der Waals surface area contributed by atoms with Crippen molar-refractivity contribution in [2.24, 2.45) is 0 Å². The van der Waals surface area contributed by atoms with Gasteiger partial charge in [-0.1, -0.05) is 19.4 Å². The fourth-order valence-corrected chi connectivity index (χ4v) is 3.93. The maximum absolute atomic E-state index is 12.2. The van der Waals surface area contributed by atoms with Crippen molar-refractivity contribution in [3.05, 3.63) is 17.5 Å². The lowest BCUT2D eigenvalue weighted by Gasteiger charge is -2.19. The third-order valence-electron chi connectivity index (χ3n) is 2.29. The van der Waals surface area contributed by atoms with Crippen molar-refractivity contribution in [1.82, 2.24) is 9.79 Å². The number of carbonyl (C=O) groups is 1. The number of sulfonamides is 1. The van der Waals surface area contributed by atoms with Crippen molar-refractivity contribution in [3.8, 4) is 0 Å². The van der Waals surface area contributed by atoms with Crippen LogP contribution in [0.25, 0.3) is 0 Å². The summed E-state index contributed by atoms with van der Waals surface area (Å²) in [6.07, 6.45) is 1.47. The number of rotatable bonds is 7. The molecule has 6 nitrogen and oxygen atoms in total. The SMILES string of the molecule is CCCCN(CC(=O)NO)S(=O)(=O)c1cccs1. The number of carbonyl (C=O) groups excluding carboxylic acids is 1. The van der Waals surface area contributed by atoms with Gasteiger partial charge in [0.2, 0.25) is 0 Å². The minimum absolute atomic E-state index is 0.198. The topological polar surface area (TPSA) is 86.7 Å². The molecule has 0 aliphatic carbocycles. The predicted octanol–water partition coefficient (Wildman–Crippen LogP) is 1.04. The van der Waals surface area contributed by atoms with E-state index < -0.39 is 15.9 Å². The smallest absolute Gasteiger partial charge is 0.258 e. The van der Waals surface area contributed by atoms with Crippen LogP contribution in [0, 0.1) is 0 Å². The molecule has 0 saturated heterocycles. The highest BCUT2D eigenvalue weighted by molar-refractivity contribution is 7.91. The van der Waals surface area contributed by atoms with Crippen molar-refractivity contribution in [2.45, 2.75) is 24.0 Å². The highest BCUT2D eigenvalue weighted by Crippen LogP contribution is 2.21. The van der Waals surface area contributed by atoms with Crippen LogP contribution in [0.4, 0.5) is 0 Å². The van der Waals surface area contributed by atoms with Crippen LogP contribution in [-0.2, 0) is 14.8 Å². The van der Waals surface area contributed by atoms with Crippen LogP contribution in [0.5, 0.6) is 0 Å². The number of nitrogens with zero attached hydrogens (tertiary/aromatic N) is 1. The summed E-state index contributed by atoms with van der Waals surface area (Å²) >= 11 is 1.10. The summed E-state index contributed by atoms with van der Waals surface area (Å²) in [5, 5.41) is 10.2. The second-order valence-electron chi connectivity index (χ2n) is 3.66. The van der Waals surface area contributed by atoms with E-state index in [1.165, 1.54) is 11.5 Å². The molecule has 0 bridgehead atoms. The summed E-state index contributed by atoms with van der Waals surface area (Å²) in [4.78, 5) is 11.1. The number of thiophene rings is 1. The molecule has 2 N–H and O–H groups in total. The number of unbranched alkanes of at least 4 members (excludes halogenated alkanes) is 1. The number of hydrogen-bond donors (Lipinski definition) is 2. The van der Waals surface area contributed by atoms with Crippen molar-refractivity contribution in [3.63, 3.8) is 0 Å². The highest BCUT2D eigenvalue weighted by atomic mass is 32.2. The number of nitrogens with one attached hydrogen (secondary N) is 1. The average Bonchev–Trinajstić information content (AvgIpc) is 2.88. The van der Waals surface area contributed by atoms with E-state index in [4.69, 9.17) is 5.21 Å². The van der Waals surface area contributed by atoms with Crippen molar-refractivity contribution < 1.29 is 18.4 Å². The van der Waals surface area contributed by atoms with Crippen LogP contribution in [0.2, 0.25) is 0 Å². The Morgan fingerprint density at radius 3 is 2.78 bits per heavy atom. The van der Waals surface area contributed by atoms with Crippen LogP contribution in [0.3, 0.4) is 0 Å². The van der Waals surface area contributed by atoms with Gasteiger partial charge in [-0.3, -0.25) is 10.0 Å². The van der Waals surface area contributed by atoms with Crippen molar-refractivity contribution in [1.29, 1.82) is 0 Å². The van der Waals surface area contributed by atoms with Gasteiger partial charge in [0.25, 0.3) is 15.9 Å². The molecule has 0 unspecified atom stereocenters. The first-order valence-corrected chi connectivity index (χ1v) is 7.81. The molecule has 1 amide bonds. The molecule has 1 rings (SSSR count). The summed E-state index contributed by atoms with van der Waals surface area (Å²) in [5.74, 6) is -0.744. The van der Waals surface area contributed by atoms with Gasteiger partial charge in [0.1, 0.15) is 4.21 Å². The Morgan fingerprint density at radius 2 is 2.28 bits per heavy atom. The van der Waals surface area contributed by atoms with Gasteiger partial charge in [0.05, 0.1) is 6.54 Å². The Hall–Kier alpha value is -0.960. The summed E-state index contributed by atoms with van der Waals surface area (Å²) in [6, 6.07) is 3.14. The van der Waals surface area contributed by atoms with Gasteiger partial charge in [-0.2, -0.15) is 4.31 Å². The first-order chi connectivity index (χ1) is 8.52. The monoisotopic (exact) mass is 292 g/mol. The van der Waals surface area contributed by atoms with Gasteiger partial charge in [-0.15, -0.1) is 11.3 Å². The Labute approximate surface area is 110 Å². The van der Waals surface area contributed by atoms with E-state index in [9.17, 15) is 13.2 Å². The van der Waals surface area contributed by atoms with E-state index in [1.807, 2.05) is 6.92 Å². The van der Waals surface area contributed by atoms with Crippen LogP contribution >= 0.6 is 11.3 Å². The third-order valence-corrected chi connectivity index (χ3v) is 5.51. The lowest BCUT2D eigenvalue weighted by Crippen LogP contribution is -2.40. The maximum Gasteiger partial charge on any atom is 0.258 e. The largest absolute Gasteiger partial charge is 0.289 e. The van der Waals surface area contributed by atoms with Crippen molar-refractivity contribution in [2.75, 3.05) is 13.1 Å². The normalized spacial score (nSPS) is 11.7. The molecule has 0 atom stereocenters. The van der Waals surface area contributed by atoms with Crippen LogP contribution in [-0.4, -0.2) is 36.9 Å². The molecule has 0 radical (unpaired) electrons. The summed E-state index contributed by atoms with van der Waals surface area (Å²) in [7, 11) is -3.66. The fourth-order valence-electron chi connectivity index (χ4n) is 1.35. The number of hydroxylamine groups is 1. The highest BCUT2D eigenvalue weighted by Gasteiger charge is 2.26. The van der Waals surface area contributed by atoms with Gasteiger partial charge in [0.15, 0.2) is 0 Å². The van der Waals surface area contributed by atoms with Gasteiger partial charge in [0, 0.05) is 6.54 Å². The molecule has 102 valence electrons. The molecule has 1 heterocycles. The Balaban J connectivity index is 2.91. The third kappa shape index (κ3) is 3.77. The molecule has 0 aliphatic rings. The molecule has 8 heteroatoms. The van der Waals surface area contributed by atoms with Gasteiger partial charge in [-0.05, 0) is 17.9 Å². The molecule has 0 fully saturated rings. The lowest BCUT2D eigenvalue weighted by atomic mass is 10.3. The van der Waals surface area contributed by atoms with Crippen LogP contribution in [0.1, 0.15) is 19.8 Å². The van der Waals surface area contributed by atoms with E-state index in [-0.39, 0.29) is 17.3 Å². The Kier molecular flexibility index (Phi) is 5.73. The minimum atomic E-state index is -3.66. The molecule has 18 heavy (non-hydrogen) atoms. The van der Waals surface area contributed by atoms with Gasteiger partial charge in [-0.25, -0.2) is 13.9 Å². The number of hydrogen-bond acceptors (Lipinski definition) is 5. The molecule has 0 aromatic carbocycles. The first-order valence-electron chi connectivity index (χ1n) is 5.49. The van der Waals surface area contributed by atoms with E-state index in [2.05, 4.69) is 0 Å². The number of amides is 1. The lowest BCUT2D eigenvalue weighted by molar-refractivity contribution is -0.129. The van der Waals surface area contributed by atoms with Crippen LogP contribution < -0.4 is 5.48 Å². The Morgan fingerprint density at radius 1 is 1.56 bits per heavy atom. The zero-order chi connectivity index (χ0) is 13.6. The molecule has 0 saturated carbocycles. The molecule has 1 aromatic rings. The minimum Gasteiger partial charge on any atom is -0.289 e. The standard InChI is InChI=1S/C10H16N2O4S2/c1-2-3-6-12(8-9(13)11-14)18(15,16)10-5-4-7-17-10/h4-5,7,14H,2-3,6,8H2,1H3,(H,11,13). The summed E-state index contributed by atoms with van der Waals surface area (Å²) in [5.41, 5.74) is 1.45. The molecular weight excluding hydrogens is 276 g/mol. The second-order valence-corrected chi connectivity index (χ2v) is 6.77. The molecule has 0 aliphatic heterocycles. The van der Waals surface area contributed by atoms with E-state index in [0.717, 1.165) is 22.1 Å².